The van der Waals surface area contributed by atoms with E-state index in [-0.39, 0.29) is 18.9 Å². The van der Waals surface area contributed by atoms with Gasteiger partial charge in [0.1, 0.15) is 5.25 Å². The van der Waals surface area contributed by atoms with Crippen molar-refractivity contribution in [2.75, 3.05) is 11.4 Å². The Morgan fingerprint density at radius 2 is 2.00 bits per heavy atom. The van der Waals surface area contributed by atoms with Crippen molar-refractivity contribution in [3.8, 4) is 12.1 Å². The maximum absolute atomic E-state index is 13.3. The zero-order valence-corrected chi connectivity index (χ0v) is 17.0. The van der Waals surface area contributed by atoms with Crippen LogP contribution in [-0.4, -0.2) is 39.7 Å². The van der Waals surface area contributed by atoms with Crippen LogP contribution in [0.3, 0.4) is 0 Å². The zero-order chi connectivity index (χ0) is 21.3. The highest BCUT2D eigenvalue weighted by Gasteiger charge is 2.49. The predicted molar refractivity (Wildman–Crippen MR) is 113 cm³/mol. The third kappa shape index (κ3) is 3.32. The molecular weight excluding hydrogens is 398 g/mol. The number of nitriles is 2. The number of aromatic nitrogens is 1. The van der Waals surface area contributed by atoms with Gasteiger partial charge in [-0.05, 0) is 30.7 Å². The Hall–Kier alpha value is -3.62. The lowest BCUT2D eigenvalue weighted by Gasteiger charge is -2.40. The number of rotatable bonds is 4. The van der Waals surface area contributed by atoms with Crippen LogP contribution in [0.5, 0.6) is 0 Å². The number of aryl methyl sites for hydroxylation is 1. The van der Waals surface area contributed by atoms with Gasteiger partial charge >= 0.3 is 6.03 Å². The lowest BCUT2D eigenvalue weighted by Crippen LogP contribution is -2.62. The molecule has 2 aromatic rings. The summed E-state index contributed by atoms with van der Waals surface area (Å²) in [5, 5.41) is 18.0. The van der Waals surface area contributed by atoms with Crippen LogP contribution in [0.15, 0.2) is 48.8 Å². The monoisotopic (exact) mass is 415 g/mol. The molecule has 30 heavy (non-hydrogen) atoms. The molecule has 0 bridgehead atoms. The van der Waals surface area contributed by atoms with Crippen molar-refractivity contribution in [2.24, 2.45) is 0 Å². The minimum absolute atomic E-state index is 0.158. The number of hydrogen-bond acceptors (Lipinski definition) is 6. The van der Waals surface area contributed by atoms with E-state index < -0.39 is 17.3 Å². The van der Waals surface area contributed by atoms with Crippen molar-refractivity contribution in [2.45, 2.75) is 24.6 Å². The first-order valence-electron chi connectivity index (χ1n) is 9.36. The molecule has 8 heteroatoms. The lowest BCUT2D eigenvalue weighted by atomic mass is 10.0. The number of pyridine rings is 1. The molecule has 148 valence electrons. The zero-order valence-electron chi connectivity index (χ0n) is 16.1. The number of urea groups is 1. The van der Waals surface area contributed by atoms with Gasteiger partial charge < -0.3 is 4.90 Å². The van der Waals surface area contributed by atoms with Crippen LogP contribution >= 0.6 is 11.8 Å². The Kier molecular flexibility index (Phi) is 5.26. The van der Waals surface area contributed by atoms with Crippen LogP contribution in [0.4, 0.5) is 10.5 Å². The van der Waals surface area contributed by atoms with E-state index in [2.05, 4.69) is 17.1 Å². The van der Waals surface area contributed by atoms with Crippen molar-refractivity contribution in [1.29, 1.82) is 10.5 Å². The number of fused-ring (bicyclic) bond motifs is 1. The molecule has 2 aliphatic rings. The van der Waals surface area contributed by atoms with Gasteiger partial charge in [0.2, 0.25) is 0 Å². The van der Waals surface area contributed by atoms with Gasteiger partial charge in [-0.15, -0.1) is 11.8 Å². The molecule has 2 unspecified atom stereocenters. The maximum atomic E-state index is 13.3. The van der Waals surface area contributed by atoms with Crippen molar-refractivity contribution >= 4 is 34.3 Å². The van der Waals surface area contributed by atoms with E-state index >= 15 is 0 Å². The third-order valence-corrected chi connectivity index (χ3v) is 6.39. The summed E-state index contributed by atoms with van der Waals surface area (Å²) in [6.45, 7) is 2.05. The van der Waals surface area contributed by atoms with E-state index in [1.54, 1.807) is 29.3 Å². The molecule has 0 aliphatic carbocycles. The second kappa shape index (κ2) is 8.02. The van der Waals surface area contributed by atoms with Crippen LogP contribution in [0.25, 0.3) is 4.91 Å². The van der Waals surface area contributed by atoms with Gasteiger partial charge in [-0.2, -0.15) is 10.5 Å². The summed E-state index contributed by atoms with van der Waals surface area (Å²) in [6, 6.07) is 12.2. The standard InChI is InChI=1S/C22H17N5O2S/c1-14-9-16(13-25-12-14)27-21(28)20-18(26(22(27)29)8-4-7-23)10-19(30-20)17-6-3-2-5-15(17)11-24/h2-3,5-6,9-10,12-13,18,20H,4,8H2,1H3. The van der Waals surface area contributed by atoms with Gasteiger partial charge in [-0.25, -0.2) is 9.69 Å². The Balaban J connectivity index is 1.75. The van der Waals surface area contributed by atoms with Gasteiger partial charge in [0.05, 0.1) is 42.0 Å². The highest BCUT2D eigenvalue weighted by Crippen LogP contribution is 2.45. The molecule has 2 atom stereocenters. The van der Waals surface area contributed by atoms with Gasteiger partial charge in [-0.3, -0.25) is 9.78 Å². The minimum Gasteiger partial charge on any atom is -0.315 e. The molecule has 3 heterocycles. The van der Waals surface area contributed by atoms with E-state index in [9.17, 15) is 14.9 Å². The van der Waals surface area contributed by atoms with Crippen LogP contribution in [0, 0.1) is 29.6 Å². The quantitative estimate of drug-likeness (QED) is 0.758. The van der Waals surface area contributed by atoms with Crippen molar-refractivity contribution in [1.82, 2.24) is 9.88 Å². The van der Waals surface area contributed by atoms with Crippen molar-refractivity contribution in [3.63, 3.8) is 0 Å². The Morgan fingerprint density at radius 3 is 2.73 bits per heavy atom. The van der Waals surface area contributed by atoms with Gasteiger partial charge in [0.15, 0.2) is 0 Å². The maximum Gasteiger partial charge on any atom is 0.332 e. The second-order valence-electron chi connectivity index (χ2n) is 7.00. The van der Waals surface area contributed by atoms with Crippen LogP contribution in [0.1, 0.15) is 23.1 Å². The molecule has 7 nitrogen and oxygen atoms in total. The summed E-state index contributed by atoms with van der Waals surface area (Å²) in [5.41, 5.74) is 2.50. The Morgan fingerprint density at radius 1 is 1.20 bits per heavy atom. The molecule has 0 radical (unpaired) electrons. The van der Waals surface area contributed by atoms with Crippen LogP contribution in [-0.2, 0) is 4.79 Å². The SMILES string of the molecule is Cc1cncc(N2C(=O)C3SC(c4ccccc4C#N)=CC3N(CCC#N)C2=O)c1. The molecule has 0 saturated carbocycles. The summed E-state index contributed by atoms with van der Waals surface area (Å²) in [5.74, 6) is -0.323. The first-order valence-corrected chi connectivity index (χ1v) is 10.2. The van der Waals surface area contributed by atoms with Gasteiger partial charge in [0, 0.05) is 23.2 Å². The van der Waals surface area contributed by atoms with E-state index in [0.29, 0.717) is 11.3 Å². The topological polar surface area (TPSA) is 101 Å². The Bertz CT molecular complexity index is 1150. The number of carbonyl (C=O) groups excluding carboxylic acids is 2. The average molecular weight is 415 g/mol. The number of carbonyl (C=O) groups is 2. The first kappa shape index (κ1) is 19.7. The summed E-state index contributed by atoms with van der Waals surface area (Å²) < 4.78 is 0. The van der Waals surface area contributed by atoms with E-state index in [4.69, 9.17) is 5.26 Å². The molecule has 3 amide bonds. The van der Waals surface area contributed by atoms with E-state index in [1.807, 2.05) is 25.1 Å². The fourth-order valence-corrected chi connectivity index (χ4v) is 5.05. The molecule has 1 saturated heterocycles. The van der Waals surface area contributed by atoms with Gasteiger partial charge in [-0.1, -0.05) is 18.2 Å². The summed E-state index contributed by atoms with van der Waals surface area (Å²) in [6.07, 6.45) is 5.17. The first-order chi connectivity index (χ1) is 14.5. The Labute approximate surface area is 178 Å². The van der Waals surface area contributed by atoms with Crippen molar-refractivity contribution < 1.29 is 9.59 Å². The molecular formula is C22H17N5O2S. The van der Waals surface area contributed by atoms with Crippen LogP contribution < -0.4 is 4.90 Å². The molecule has 1 aromatic heterocycles. The highest BCUT2D eigenvalue weighted by atomic mass is 32.2. The summed E-state index contributed by atoms with van der Waals surface area (Å²) >= 11 is 1.35. The minimum atomic E-state index is -0.552. The molecule has 0 N–H and O–H groups in total. The highest BCUT2D eigenvalue weighted by molar-refractivity contribution is 8.09. The molecule has 1 fully saturated rings. The molecule has 1 aromatic carbocycles. The number of thioether (sulfide) groups is 1. The third-order valence-electron chi connectivity index (χ3n) is 5.04. The molecule has 4 rings (SSSR count). The second-order valence-corrected chi connectivity index (χ2v) is 8.18. The number of nitrogens with zero attached hydrogens (tertiary/aromatic N) is 5. The normalized spacial score (nSPS) is 20.4. The number of imide groups is 1. The van der Waals surface area contributed by atoms with Crippen LogP contribution in [0.2, 0.25) is 0 Å². The number of hydrogen-bond donors (Lipinski definition) is 0. The summed E-state index contributed by atoms with van der Waals surface area (Å²) in [7, 11) is 0. The number of benzene rings is 1. The average Bonchev–Trinajstić information content (AvgIpc) is 3.19. The summed E-state index contributed by atoms with van der Waals surface area (Å²) in [4.78, 5) is 34.2. The fourth-order valence-electron chi connectivity index (χ4n) is 3.68. The van der Waals surface area contributed by atoms with Gasteiger partial charge in [0.25, 0.3) is 5.91 Å². The smallest absolute Gasteiger partial charge is 0.315 e. The van der Waals surface area contributed by atoms with E-state index in [0.717, 1.165) is 20.9 Å². The number of amides is 3. The molecule has 2 aliphatic heterocycles. The number of anilines is 1. The van der Waals surface area contributed by atoms with E-state index in [1.165, 1.54) is 18.0 Å². The fraction of sp³-hybridized carbons (Fsp3) is 0.227. The van der Waals surface area contributed by atoms with Crippen molar-refractivity contribution in [3.05, 3.63) is 65.5 Å². The lowest BCUT2D eigenvalue weighted by molar-refractivity contribution is -0.119. The molecule has 0 spiro atoms. The largest absolute Gasteiger partial charge is 0.332 e. The predicted octanol–water partition coefficient (Wildman–Crippen LogP) is 3.47.